The molecule has 0 spiro atoms. The number of rotatable bonds is 2. The molecule has 0 aromatic carbocycles. The van der Waals surface area contributed by atoms with Gasteiger partial charge in [-0.3, -0.25) is 0 Å². The predicted molar refractivity (Wildman–Crippen MR) is 47.7 cm³/mol. The first-order valence-corrected chi connectivity index (χ1v) is 4.92. The van der Waals surface area contributed by atoms with E-state index in [4.69, 9.17) is 4.42 Å². The molecule has 1 saturated heterocycles. The lowest BCUT2D eigenvalue weighted by molar-refractivity contribution is 0.414. The molecule has 0 aliphatic carbocycles. The van der Waals surface area contributed by atoms with Crippen LogP contribution in [0, 0.1) is 5.92 Å². The molecule has 0 radical (unpaired) electrons. The van der Waals surface area contributed by atoms with Crippen LogP contribution in [-0.4, -0.2) is 5.75 Å². The first-order chi connectivity index (χ1) is 5.26. The van der Waals surface area contributed by atoms with Crippen LogP contribution in [0.2, 0.25) is 0 Å². The fourth-order valence-corrected chi connectivity index (χ4v) is 2.58. The highest BCUT2D eigenvalue weighted by molar-refractivity contribution is 8.07. The van der Waals surface area contributed by atoms with E-state index in [1.54, 1.807) is 6.26 Å². The number of furan rings is 1. The molecule has 1 aromatic rings. The Morgan fingerprint density at radius 3 is 2.73 bits per heavy atom. The molecule has 60 valence electrons. The van der Waals surface area contributed by atoms with Crippen molar-refractivity contribution in [3.05, 3.63) is 24.2 Å². The molecule has 1 atom stereocenters. The maximum atomic E-state index is 5.40. The van der Waals surface area contributed by atoms with Gasteiger partial charge in [0.2, 0.25) is 0 Å². The van der Waals surface area contributed by atoms with E-state index in [-0.39, 0.29) is 0 Å². The standard InChI is InChI=1S/C9H12OS/c1-7(2)9(6-11-9)8-4-3-5-10-8/h3-5,7H,6H2,1-2H3. The van der Waals surface area contributed by atoms with E-state index in [1.165, 1.54) is 5.75 Å². The molecule has 1 fully saturated rings. The Morgan fingerprint density at radius 1 is 1.64 bits per heavy atom. The summed E-state index contributed by atoms with van der Waals surface area (Å²) < 4.78 is 5.72. The smallest absolute Gasteiger partial charge is 0.120 e. The third kappa shape index (κ3) is 1.00. The van der Waals surface area contributed by atoms with E-state index in [0.29, 0.717) is 10.7 Å². The Bertz CT molecular complexity index is 234. The first kappa shape index (κ1) is 7.29. The number of hydrogen-bond acceptors (Lipinski definition) is 2. The molecular formula is C9H12OS. The Hall–Kier alpha value is -0.370. The van der Waals surface area contributed by atoms with Gasteiger partial charge in [-0.2, -0.15) is 0 Å². The molecule has 11 heavy (non-hydrogen) atoms. The highest BCUT2D eigenvalue weighted by atomic mass is 32.2. The zero-order valence-corrected chi connectivity index (χ0v) is 7.65. The minimum absolute atomic E-state index is 0.323. The van der Waals surface area contributed by atoms with Crippen LogP contribution in [0.3, 0.4) is 0 Å². The molecule has 0 amide bonds. The molecule has 1 aliphatic heterocycles. The number of hydrogen-bond donors (Lipinski definition) is 0. The maximum Gasteiger partial charge on any atom is 0.120 e. The van der Waals surface area contributed by atoms with Crippen LogP contribution in [-0.2, 0) is 4.75 Å². The van der Waals surface area contributed by atoms with Gasteiger partial charge in [0.05, 0.1) is 11.0 Å². The van der Waals surface area contributed by atoms with Crippen molar-refractivity contribution < 1.29 is 4.42 Å². The first-order valence-electron chi connectivity index (χ1n) is 3.93. The van der Waals surface area contributed by atoms with Crippen LogP contribution in [0.25, 0.3) is 0 Å². The van der Waals surface area contributed by atoms with E-state index in [2.05, 4.69) is 19.9 Å². The third-order valence-corrected chi connectivity index (χ3v) is 3.91. The largest absolute Gasteiger partial charge is 0.468 e. The van der Waals surface area contributed by atoms with Gasteiger partial charge in [-0.05, 0) is 18.1 Å². The van der Waals surface area contributed by atoms with E-state index in [0.717, 1.165) is 5.76 Å². The summed E-state index contributed by atoms with van der Waals surface area (Å²) in [7, 11) is 0. The average molecular weight is 168 g/mol. The van der Waals surface area contributed by atoms with Crippen molar-refractivity contribution in [2.24, 2.45) is 5.92 Å². The van der Waals surface area contributed by atoms with Gasteiger partial charge in [-0.15, -0.1) is 11.8 Å². The monoisotopic (exact) mass is 168 g/mol. The fraction of sp³-hybridized carbons (Fsp3) is 0.556. The van der Waals surface area contributed by atoms with Crippen LogP contribution in [0.5, 0.6) is 0 Å². The molecule has 2 heterocycles. The molecule has 1 aliphatic rings. The summed E-state index contributed by atoms with van der Waals surface area (Å²) >= 11 is 1.99. The summed E-state index contributed by atoms with van der Waals surface area (Å²) in [6.07, 6.45) is 1.76. The van der Waals surface area contributed by atoms with Crippen molar-refractivity contribution in [2.75, 3.05) is 5.75 Å². The van der Waals surface area contributed by atoms with Gasteiger partial charge < -0.3 is 4.42 Å². The third-order valence-electron chi connectivity index (χ3n) is 2.33. The van der Waals surface area contributed by atoms with Gasteiger partial charge >= 0.3 is 0 Å². The topological polar surface area (TPSA) is 13.1 Å². The molecular weight excluding hydrogens is 156 g/mol. The van der Waals surface area contributed by atoms with E-state index in [1.807, 2.05) is 17.8 Å². The Kier molecular flexibility index (Phi) is 1.53. The van der Waals surface area contributed by atoms with Crippen LogP contribution in [0.4, 0.5) is 0 Å². The van der Waals surface area contributed by atoms with Crippen molar-refractivity contribution in [3.63, 3.8) is 0 Å². The summed E-state index contributed by atoms with van der Waals surface area (Å²) in [5.74, 6) is 3.05. The fourth-order valence-electron chi connectivity index (χ4n) is 1.36. The zero-order chi connectivity index (χ0) is 7.90. The molecule has 0 saturated carbocycles. The molecule has 0 N–H and O–H groups in total. The molecule has 1 aromatic heterocycles. The minimum Gasteiger partial charge on any atom is -0.468 e. The molecule has 0 bridgehead atoms. The molecule has 2 heteroatoms. The van der Waals surface area contributed by atoms with Crippen molar-refractivity contribution in [1.29, 1.82) is 0 Å². The van der Waals surface area contributed by atoms with Crippen molar-refractivity contribution >= 4 is 11.8 Å². The lowest BCUT2D eigenvalue weighted by Gasteiger charge is -2.13. The summed E-state index contributed by atoms with van der Waals surface area (Å²) in [4.78, 5) is 0. The van der Waals surface area contributed by atoms with E-state index in [9.17, 15) is 0 Å². The SMILES string of the molecule is CC(C)C1(c2ccco2)CS1. The normalized spacial score (nSPS) is 29.4. The van der Waals surface area contributed by atoms with Crippen molar-refractivity contribution in [3.8, 4) is 0 Å². The summed E-state index contributed by atoms with van der Waals surface area (Å²) in [6, 6.07) is 4.05. The highest BCUT2D eigenvalue weighted by Gasteiger charge is 2.50. The second-order valence-electron chi connectivity index (χ2n) is 3.31. The minimum atomic E-state index is 0.323. The maximum absolute atomic E-state index is 5.40. The predicted octanol–water partition coefficient (Wildman–Crippen LogP) is 2.88. The van der Waals surface area contributed by atoms with Crippen LogP contribution < -0.4 is 0 Å². The van der Waals surface area contributed by atoms with E-state index >= 15 is 0 Å². The molecule has 1 unspecified atom stereocenters. The lowest BCUT2D eigenvalue weighted by atomic mass is 9.95. The highest BCUT2D eigenvalue weighted by Crippen LogP contribution is 2.58. The zero-order valence-electron chi connectivity index (χ0n) is 6.83. The molecule has 1 nitrogen and oxygen atoms in total. The summed E-state index contributed by atoms with van der Waals surface area (Å²) in [5.41, 5.74) is 0. The van der Waals surface area contributed by atoms with Crippen LogP contribution in [0.1, 0.15) is 19.6 Å². The van der Waals surface area contributed by atoms with Crippen LogP contribution >= 0.6 is 11.8 Å². The number of thioether (sulfide) groups is 1. The van der Waals surface area contributed by atoms with Gasteiger partial charge in [0, 0.05) is 5.75 Å². The average Bonchev–Trinajstić information content (AvgIpc) is 2.61. The van der Waals surface area contributed by atoms with Crippen molar-refractivity contribution in [2.45, 2.75) is 18.6 Å². The second kappa shape index (κ2) is 2.31. The summed E-state index contributed by atoms with van der Waals surface area (Å²) in [5, 5.41) is 0. The van der Waals surface area contributed by atoms with Gasteiger partial charge in [-0.1, -0.05) is 13.8 Å². The van der Waals surface area contributed by atoms with Gasteiger partial charge in [0.1, 0.15) is 5.76 Å². The van der Waals surface area contributed by atoms with Gasteiger partial charge in [-0.25, -0.2) is 0 Å². The second-order valence-corrected chi connectivity index (χ2v) is 4.62. The van der Waals surface area contributed by atoms with Crippen LogP contribution in [0.15, 0.2) is 22.8 Å². The Balaban J connectivity index is 2.29. The van der Waals surface area contributed by atoms with Crippen molar-refractivity contribution in [1.82, 2.24) is 0 Å². The van der Waals surface area contributed by atoms with E-state index < -0.39 is 0 Å². The lowest BCUT2D eigenvalue weighted by Crippen LogP contribution is -2.13. The Labute approximate surface area is 71.2 Å². The van der Waals surface area contributed by atoms with Gasteiger partial charge in [0.15, 0.2) is 0 Å². The molecule has 2 rings (SSSR count). The van der Waals surface area contributed by atoms with Gasteiger partial charge in [0.25, 0.3) is 0 Å². The quantitative estimate of drug-likeness (QED) is 0.630. The summed E-state index contributed by atoms with van der Waals surface area (Å²) in [6.45, 7) is 4.50. The Morgan fingerprint density at radius 2 is 2.36 bits per heavy atom.